The quantitative estimate of drug-likeness (QED) is 0.852. The van der Waals surface area contributed by atoms with Crippen LogP contribution in [0.15, 0.2) is 0 Å². The highest BCUT2D eigenvalue weighted by molar-refractivity contribution is 5.78. The molecule has 0 aromatic heterocycles. The Kier molecular flexibility index (Phi) is 6.15. The molecule has 0 radical (unpaired) electrons. The first-order valence-corrected chi connectivity index (χ1v) is 8.33. The molecule has 19 heavy (non-hydrogen) atoms. The van der Waals surface area contributed by atoms with Crippen LogP contribution < -0.4 is 5.32 Å². The Balaban J connectivity index is 1.79. The molecule has 0 spiro atoms. The van der Waals surface area contributed by atoms with Crippen LogP contribution in [0, 0.1) is 5.92 Å². The van der Waals surface area contributed by atoms with Crippen LogP contribution in [-0.2, 0) is 4.79 Å². The Morgan fingerprint density at radius 1 is 1.00 bits per heavy atom. The molecule has 1 saturated carbocycles. The van der Waals surface area contributed by atoms with E-state index in [0.717, 1.165) is 45.3 Å². The van der Waals surface area contributed by atoms with Gasteiger partial charge in [0.2, 0.25) is 5.91 Å². The standard InChI is InChI=1S/C16H30N2O/c1-2-17-15-10-12-18(13-11-15)16(19)14-8-6-4-3-5-7-9-14/h14-15,17H,2-13H2,1H3. The molecule has 2 rings (SSSR count). The number of piperidine rings is 1. The van der Waals surface area contributed by atoms with E-state index in [1.54, 1.807) is 0 Å². The fraction of sp³-hybridized carbons (Fsp3) is 0.938. The van der Waals surface area contributed by atoms with Gasteiger partial charge in [0, 0.05) is 25.0 Å². The molecule has 2 fully saturated rings. The lowest BCUT2D eigenvalue weighted by Crippen LogP contribution is -2.46. The number of carbonyl (C=O) groups excluding carboxylic acids is 1. The van der Waals surface area contributed by atoms with E-state index in [-0.39, 0.29) is 0 Å². The first-order chi connectivity index (χ1) is 9.31. The topological polar surface area (TPSA) is 32.3 Å². The van der Waals surface area contributed by atoms with Crippen LogP contribution in [-0.4, -0.2) is 36.5 Å². The SMILES string of the molecule is CCNC1CCN(C(=O)C2CCCCCCC2)CC1. The molecule has 1 N–H and O–H groups in total. The molecule has 0 unspecified atom stereocenters. The Labute approximate surface area is 118 Å². The maximum absolute atomic E-state index is 12.6. The number of carbonyl (C=O) groups is 1. The van der Waals surface area contributed by atoms with Crippen LogP contribution in [0.4, 0.5) is 0 Å². The average molecular weight is 266 g/mol. The van der Waals surface area contributed by atoms with Crippen molar-refractivity contribution < 1.29 is 4.79 Å². The lowest BCUT2D eigenvalue weighted by molar-refractivity contribution is -0.137. The van der Waals surface area contributed by atoms with Crippen molar-refractivity contribution in [1.29, 1.82) is 0 Å². The molecule has 0 bridgehead atoms. The van der Waals surface area contributed by atoms with Crippen molar-refractivity contribution in [3.05, 3.63) is 0 Å². The van der Waals surface area contributed by atoms with Crippen LogP contribution in [0.2, 0.25) is 0 Å². The fourth-order valence-corrected chi connectivity index (χ4v) is 3.55. The third-order valence-corrected chi connectivity index (χ3v) is 4.75. The zero-order valence-electron chi connectivity index (χ0n) is 12.5. The summed E-state index contributed by atoms with van der Waals surface area (Å²) in [5, 5.41) is 3.50. The van der Waals surface area contributed by atoms with Gasteiger partial charge in [-0.15, -0.1) is 0 Å². The van der Waals surface area contributed by atoms with Crippen molar-refractivity contribution in [2.75, 3.05) is 19.6 Å². The van der Waals surface area contributed by atoms with Crippen LogP contribution in [0.1, 0.15) is 64.7 Å². The lowest BCUT2D eigenvalue weighted by atomic mass is 9.89. The fourth-order valence-electron chi connectivity index (χ4n) is 3.55. The highest BCUT2D eigenvalue weighted by Gasteiger charge is 2.27. The number of amides is 1. The first-order valence-electron chi connectivity index (χ1n) is 8.33. The van der Waals surface area contributed by atoms with Gasteiger partial charge in [0.05, 0.1) is 0 Å². The normalized spacial score (nSPS) is 23.9. The maximum atomic E-state index is 12.6. The van der Waals surface area contributed by atoms with Crippen molar-refractivity contribution in [2.24, 2.45) is 5.92 Å². The van der Waals surface area contributed by atoms with Gasteiger partial charge in [0.1, 0.15) is 0 Å². The van der Waals surface area contributed by atoms with Crippen molar-refractivity contribution in [3.63, 3.8) is 0 Å². The molecule has 0 aromatic rings. The molecule has 110 valence electrons. The van der Waals surface area contributed by atoms with Crippen molar-refractivity contribution in [3.8, 4) is 0 Å². The predicted molar refractivity (Wildman–Crippen MR) is 79.1 cm³/mol. The molecule has 1 amide bonds. The lowest BCUT2D eigenvalue weighted by Gasteiger charge is -2.35. The maximum Gasteiger partial charge on any atom is 0.225 e. The largest absolute Gasteiger partial charge is 0.342 e. The van der Waals surface area contributed by atoms with E-state index in [0.29, 0.717) is 17.9 Å². The van der Waals surface area contributed by atoms with Crippen LogP contribution in [0.25, 0.3) is 0 Å². The first kappa shape index (κ1) is 14.8. The molecule has 1 heterocycles. The summed E-state index contributed by atoms with van der Waals surface area (Å²) in [4.78, 5) is 14.7. The minimum atomic E-state index is 0.330. The predicted octanol–water partition coefficient (Wildman–Crippen LogP) is 2.95. The molecule has 2 aliphatic rings. The Morgan fingerprint density at radius 3 is 2.16 bits per heavy atom. The van der Waals surface area contributed by atoms with Gasteiger partial charge in [-0.1, -0.05) is 39.0 Å². The second-order valence-electron chi connectivity index (χ2n) is 6.20. The number of nitrogens with zero attached hydrogens (tertiary/aromatic N) is 1. The number of hydrogen-bond acceptors (Lipinski definition) is 2. The second-order valence-corrected chi connectivity index (χ2v) is 6.20. The van der Waals surface area contributed by atoms with E-state index in [9.17, 15) is 4.79 Å². The Bertz CT molecular complexity index is 264. The van der Waals surface area contributed by atoms with Gasteiger partial charge in [-0.05, 0) is 32.2 Å². The molecular formula is C16H30N2O. The number of hydrogen-bond donors (Lipinski definition) is 1. The van der Waals surface area contributed by atoms with Gasteiger partial charge in [-0.3, -0.25) is 4.79 Å². The molecule has 3 heteroatoms. The summed E-state index contributed by atoms with van der Waals surface area (Å²) >= 11 is 0. The van der Waals surface area contributed by atoms with Gasteiger partial charge in [0.15, 0.2) is 0 Å². The Hall–Kier alpha value is -0.570. The minimum absolute atomic E-state index is 0.330. The highest BCUT2D eigenvalue weighted by atomic mass is 16.2. The third kappa shape index (κ3) is 4.48. The molecule has 0 atom stereocenters. The summed E-state index contributed by atoms with van der Waals surface area (Å²) in [5.41, 5.74) is 0. The number of likely N-dealkylation sites (tertiary alicyclic amines) is 1. The summed E-state index contributed by atoms with van der Waals surface area (Å²) in [6.07, 6.45) is 11.1. The molecule has 1 aliphatic carbocycles. The van der Waals surface area contributed by atoms with Crippen LogP contribution >= 0.6 is 0 Å². The van der Waals surface area contributed by atoms with Gasteiger partial charge in [-0.2, -0.15) is 0 Å². The number of nitrogens with one attached hydrogen (secondary N) is 1. The van der Waals surface area contributed by atoms with Crippen LogP contribution in [0.3, 0.4) is 0 Å². The van der Waals surface area contributed by atoms with Gasteiger partial charge in [0.25, 0.3) is 0 Å². The monoisotopic (exact) mass is 266 g/mol. The second kappa shape index (κ2) is 7.88. The zero-order chi connectivity index (χ0) is 13.5. The molecule has 3 nitrogen and oxygen atoms in total. The van der Waals surface area contributed by atoms with E-state index >= 15 is 0 Å². The van der Waals surface area contributed by atoms with Crippen molar-refractivity contribution in [2.45, 2.75) is 70.8 Å². The van der Waals surface area contributed by atoms with Gasteiger partial charge < -0.3 is 10.2 Å². The van der Waals surface area contributed by atoms with Crippen LogP contribution in [0.5, 0.6) is 0 Å². The van der Waals surface area contributed by atoms with Crippen molar-refractivity contribution >= 4 is 5.91 Å². The summed E-state index contributed by atoms with van der Waals surface area (Å²) in [6, 6.07) is 0.631. The summed E-state index contributed by atoms with van der Waals surface area (Å²) < 4.78 is 0. The summed E-state index contributed by atoms with van der Waals surface area (Å²) in [7, 11) is 0. The van der Waals surface area contributed by atoms with E-state index < -0.39 is 0 Å². The smallest absolute Gasteiger partial charge is 0.225 e. The third-order valence-electron chi connectivity index (χ3n) is 4.75. The van der Waals surface area contributed by atoms with Crippen molar-refractivity contribution in [1.82, 2.24) is 10.2 Å². The van der Waals surface area contributed by atoms with Gasteiger partial charge >= 0.3 is 0 Å². The Morgan fingerprint density at radius 2 is 1.58 bits per heavy atom. The van der Waals surface area contributed by atoms with E-state index in [2.05, 4.69) is 17.1 Å². The number of rotatable bonds is 3. The molecule has 0 aromatic carbocycles. The van der Waals surface area contributed by atoms with E-state index in [4.69, 9.17) is 0 Å². The summed E-state index contributed by atoms with van der Waals surface area (Å²) in [5.74, 6) is 0.785. The van der Waals surface area contributed by atoms with E-state index in [1.165, 1.54) is 32.1 Å². The molecule has 1 saturated heterocycles. The highest BCUT2D eigenvalue weighted by Crippen LogP contribution is 2.25. The average Bonchev–Trinajstić information content (AvgIpc) is 2.39. The minimum Gasteiger partial charge on any atom is -0.342 e. The van der Waals surface area contributed by atoms with E-state index in [1.807, 2.05) is 0 Å². The zero-order valence-corrected chi connectivity index (χ0v) is 12.5. The molecule has 1 aliphatic heterocycles. The van der Waals surface area contributed by atoms with Gasteiger partial charge in [-0.25, -0.2) is 0 Å². The summed E-state index contributed by atoms with van der Waals surface area (Å²) in [6.45, 7) is 5.13. The molecular weight excluding hydrogens is 236 g/mol.